The van der Waals surface area contributed by atoms with Crippen molar-refractivity contribution < 1.29 is 14.5 Å². The van der Waals surface area contributed by atoms with Crippen molar-refractivity contribution in [2.75, 3.05) is 5.32 Å². The second kappa shape index (κ2) is 7.45. The number of nitrogens with one attached hydrogen (secondary N) is 2. The van der Waals surface area contributed by atoms with Gasteiger partial charge < -0.3 is 5.32 Å². The molecule has 1 aliphatic heterocycles. The van der Waals surface area contributed by atoms with Gasteiger partial charge in [0.15, 0.2) is 0 Å². The molecule has 1 aromatic carbocycles. The first-order valence-electron chi connectivity index (χ1n) is 7.14. The second-order valence-corrected chi connectivity index (χ2v) is 7.20. The molecule has 10 heteroatoms. The van der Waals surface area contributed by atoms with Crippen LogP contribution in [0.1, 0.15) is 12.0 Å². The molecule has 1 aromatic heterocycles. The van der Waals surface area contributed by atoms with Crippen molar-refractivity contribution in [2.24, 2.45) is 5.10 Å². The number of carbonyl (C=O) groups excluding carboxylic acids is 2. The van der Waals surface area contributed by atoms with Crippen molar-refractivity contribution in [3.8, 4) is 0 Å². The normalized spacial score (nSPS) is 16.3. The highest BCUT2D eigenvalue weighted by Crippen LogP contribution is 2.36. The number of thioether (sulfide) groups is 1. The van der Waals surface area contributed by atoms with E-state index >= 15 is 0 Å². The third kappa shape index (κ3) is 4.22. The smallest absolute Gasteiger partial charge is 0.324 e. The van der Waals surface area contributed by atoms with E-state index in [1.54, 1.807) is 11.4 Å². The van der Waals surface area contributed by atoms with Crippen LogP contribution in [-0.2, 0) is 9.59 Å². The summed E-state index contributed by atoms with van der Waals surface area (Å²) in [7, 11) is 0. The zero-order chi connectivity index (χ0) is 17.8. The van der Waals surface area contributed by atoms with E-state index in [-0.39, 0.29) is 17.3 Å². The highest BCUT2D eigenvalue weighted by atomic mass is 32.2. The Morgan fingerprint density at radius 1 is 1.44 bits per heavy atom. The van der Waals surface area contributed by atoms with E-state index in [0.29, 0.717) is 5.56 Å². The Hall–Kier alpha value is -2.72. The van der Waals surface area contributed by atoms with E-state index < -0.39 is 16.1 Å². The van der Waals surface area contributed by atoms with Crippen LogP contribution < -0.4 is 10.7 Å². The molecule has 2 heterocycles. The Bertz CT molecular complexity index is 865. The van der Waals surface area contributed by atoms with E-state index in [4.69, 9.17) is 0 Å². The standard InChI is InChI=1S/C15H12N4O4S2/c20-13(18-16-7-9-5-14(19(22)23)24-8-9)6-12-15(21)17-10-3-1-2-4-11(10)25-12/h1-5,7-8,12H,6H2,(H,17,21)(H,18,20)/b16-7+. The van der Waals surface area contributed by atoms with E-state index in [9.17, 15) is 19.7 Å². The third-order valence-electron chi connectivity index (χ3n) is 3.27. The molecular weight excluding hydrogens is 364 g/mol. The molecule has 2 N–H and O–H groups in total. The molecule has 0 spiro atoms. The predicted octanol–water partition coefficient (Wildman–Crippen LogP) is 2.61. The molecule has 0 saturated heterocycles. The minimum absolute atomic E-state index is 0.00159. The summed E-state index contributed by atoms with van der Waals surface area (Å²) in [6.07, 6.45) is 1.30. The predicted molar refractivity (Wildman–Crippen MR) is 96.0 cm³/mol. The Balaban J connectivity index is 1.55. The molecule has 3 rings (SSSR count). The minimum Gasteiger partial charge on any atom is -0.324 e. The van der Waals surface area contributed by atoms with Gasteiger partial charge in [0.05, 0.1) is 22.1 Å². The number of nitro groups is 1. The number of anilines is 1. The first kappa shape index (κ1) is 17.1. The van der Waals surface area contributed by atoms with E-state index in [2.05, 4.69) is 15.8 Å². The first-order chi connectivity index (χ1) is 12.0. The molecule has 2 aromatic rings. The monoisotopic (exact) mass is 376 g/mol. The number of para-hydroxylation sites is 1. The largest absolute Gasteiger partial charge is 0.324 e. The lowest BCUT2D eigenvalue weighted by molar-refractivity contribution is -0.380. The summed E-state index contributed by atoms with van der Waals surface area (Å²) in [5.74, 6) is -0.635. The number of hydrogen-bond donors (Lipinski definition) is 2. The van der Waals surface area contributed by atoms with Crippen LogP contribution in [0, 0.1) is 10.1 Å². The average molecular weight is 376 g/mol. The van der Waals surface area contributed by atoms with E-state index in [1.807, 2.05) is 18.2 Å². The van der Waals surface area contributed by atoms with Crippen molar-refractivity contribution in [1.82, 2.24) is 5.43 Å². The topological polar surface area (TPSA) is 114 Å². The summed E-state index contributed by atoms with van der Waals surface area (Å²) in [5.41, 5.74) is 3.60. The Morgan fingerprint density at radius 2 is 2.24 bits per heavy atom. The van der Waals surface area contributed by atoms with Gasteiger partial charge in [0, 0.05) is 28.3 Å². The molecule has 1 unspecified atom stereocenters. The number of amides is 2. The molecule has 0 aliphatic carbocycles. The number of benzene rings is 1. The van der Waals surface area contributed by atoms with Crippen LogP contribution in [-0.4, -0.2) is 28.2 Å². The highest BCUT2D eigenvalue weighted by molar-refractivity contribution is 8.01. The molecule has 2 amide bonds. The zero-order valence-electron chi connectivity index (χ0n) is 12.7. The fourth-order valence-electron chi connectivity index (χ4n) is 2.12. The van der Waals surface area contributed by atoms with Gasteiger partial charge in [-0.2, -0.15) is 5.10 Å². The van der Waals surface area contributed by atoms with Crippen molar-refractivity contribution >= 4 is 51.8 Å². The Kier molecular flexibility index (Phi) is 5.10. The van der Waals surface area contributed by atoms with Crippen molar-refractivity contribution in [2.45, 2.75) is 16.6 Å². The van der Waals surface area contributed by atoms with Crippen LogP contribution in [0.2, 0.25) is 0 Å². The van der Waals surface area contributed by atoms with Gasteiger partial charge in [0.1, 0.15) is 0 Å². The summed E-state index contributed by atoms with van der Waals surface area (Å²) in [6.45, 7) is 0. The molecule has 8 nitrogen and oxygen atoms in total. The zero-order valence-corrected chi connectivity index (χ0v) is 14.3. The lowest BCUT2D eigenvalue weighted by Gasteiger charge is -2.23. The number of fused-ring (bicyclic) bond motifs is 1. The van der Waals surface area contributed by atoms with Crippen LogP contribution in [0.15, 0.2) is 45.7 Å². The maximum Gasteiger partial charge on any atom is 0.324 e. The van der Waals surface area contributed by atoms with Crippen molar-refractivity contribution in [3.05, 3.63) is 51.4 Å². The van der Waals surface area contributed by atoms with Gasteiger partial charge in [-0.05, 0) is 12.1 Å². The SMILES string of the molecule is O=C(CC1Sc2ccccc2NC1=O)N/N=C/c1csc([N+](=O)[O-])c1. The minimum atomic E-state index is -0.535. The lowest BCUT2D eigenvalue weighted by atomic mass is 10.2. The van der Waals surface area contributed by atoms with Crippen LogP contribution in [0.4, 0.5) is 10.7 Å². The summed E-state index contributed by atoms with van der Waals surface area (Å²) in [6, 6.07) is 8.75. The van der Waals surface area contributed by atoms with Crippen LogP contribution >= 0.6 is 23.1 Å². The average Bonchev–Trinajstić information content (AvgIpc) is 3.05. The highest BCUT2D eigenvalue weighted by Gasteiger charge is 2.28. The first-order valence-corrected chi connectivity index (χ1v) is 8.90. The summed E-state index contributed by atoms with van der Waals surface area (Å²) < 4.78 is 0. The molecule has 1 aliphatic rings. The second-order valence-electron chi connectivity index (χ2n) is 5.06. The Morgan fingerprint density at radius 3 is 3.00 bits per heavy atom. The third-order valence-corrected chi connectivity index (χ3v) is 5.44. The van der Waals surface area contributed by atoms with Gasteiger partial charge in [-0.3, -0.25) is 19.7 Å². The van der Waals surface area contributed by atoms with Gasteiger partial charge in [-0.1, -0.05) is 23.5 Å². The number of carbonyl (C=O) groups is 2. The fourth-order valence-corrected chi connectivity index (χ4v) is 3.91. The van der Waals surface area contributed by atoms with Gasteiger partial charge >= 0.3 is 5.00 Å². The molecular formula is C15H12N4O4S2. The number of hydrazone groups is 1. The number of hydrogen-bond acceptors (Lipinski definition) is 7. The number of rotatable bonds is 5. The maximum atomic E-state index is 12.0. The molecule has 0 saturated carbocycles. The summed E-state index contributed by atoms with van der Waals surface area (Å²) >= 11 is 2.31. The van der Waals surface area contributed by atoms with E-state index in [1.165, 1.54) is 24.0 Å². The van der Waals surface area contributed by atoms with Gasteiger partial charge in [0.25, 0.3) is 0 Å². The molecule has 0 radical (unpaired) electrons. The molecule has 25 heavy (non-hydrogen) atoms. The Labute approximate surface area is 150 Å². The van der Waals surface area contributed by atoms with Crippen LogP contribution in [0.3, 0.4) is 0 Å². The van der Waals surface area contributed by atoms with Crippen LogP contribution in [0.25, 0.3) is 0 Å². The molecule has 0 fully saturated rings. The van der Waals surface area contributed by atoms with Gasteiger partial charge in [0.2, 0.25) is 11.8 Å². The molecule has 0 bridgehead atoms. The quantitative estimate of drug-likeness (QED) is 0.473. The van der Waals surface area contributed by atoms with Crippen LogP contribution in [0.5, 0.6) is 0 Å². The summed E-state index contributed by atoms with van der Waals surface area (Å²) in [4.78, 5) is 35.0. The fraction of sp³-hybridized carbons (Fsp3) is 0.133. The van der Waals surface area contributed by atoms with Gasteiger partial charge in [-0.25, -0.2) is 5.43 Å². The lowest BCUT2D eigenvalue weighted by Crippen LogP contribution is -2.33. The number of nitrogens with zero attached hydrogens (tertiary/aromatic N) is 2. The maximum absolute atomic E-state index is 12.0. The molecule has 128 valence electrons. The summed E-state index contributed by atoms with van der Waals surface area (Å²) in [5, 5.41) is 18.2. The van der Waals surface area contributed by atoms with Gasteiger partial charge in [-0.15, -0.1) is 11.8 Å². The van der Waals surface area contributed by atoms with Crippen molar-refractivity contribution in [3.63, 3.8) is 0 Å². The van der Waals surface area contributed by atoms with E-state index in [0.717, 1.165) is 21.9 Å². The van der Waals surface area contributed by atoms with Crippen molar-refractivity contribution in [1.29, 1.82) is 0 Å². The molecule has 1 atom stereocenters. The number of thiophene rings is 1.